The summed E-state index contributed by atoms with van der Waals surface area (Å²) in [5, 5.41) is 2.42. The van der Waals surface area contributed by atoms with Gasteiger partial charge in [0.25, 0.3) is 0 Å². The predicted molar refractivity (Wildman–Crippen MR) is 61.6 cm³/mol. The Labute approximate surface area is 102 Å². The van der Waals surface area contributed by atoms with Crippen LogP contribution in [0.1, 0.15) is 27.7 Å². The first-order valence-corrected chi connectivity index (χ1v) is 5.21. The quantitative estimate of drug-likeness (QED) is 0.581. The summed E-state index contributed by atoms with van der Waals surface area (Å²) in [6, 6.07) is 0. The number of aldehydes is 1. The van der Waals surface area contributed by atoms with Crippen molar-refractivity contribution in [1.29, 1.82) is 0 Å². The molecule has 1 unspecified atom stereocenters. The first kappa shape index (κ1) is 15.9. The van der Waals surface area contributed by atoms with E-state index in [-0.39, 0.29) is 0 Å². The molecule has 0 fully saturated rings. The smallest absolute Gasteiger partial charge is 0.408 e. The molecule has 0 saturated carbocycles. The minimum absolute atomic E-state index is 0.550. The highest BCUT2D eigenvalue weighted by Crippen LogP contribution is 2.13. The van der Waals surface area contributed by atoms with Crippen molar-refractivity contribution in [3.63, 3.8) is 0 Å². The second kappa shape index (κ2) is 5.97. The molecule has 1 N–H and O–H groups in total. The standard InChI is InChI=1S/C11H21NO5/c1-10(2,3)17-9(14)12-11(4,7-13)8(15-5)16-6/h7-8H,1-6H3,(H,12,14). The lowest BCUT2D eigenvalue weighted by atomic mass is 10.0. The molecule has 0 aliphatic carbocycles. The van der Waals surface area contributed by atoms with Gasteiger partial charge in [-0.3, -0.25) is 0 Å². The fourth-order valence-electron chi connectivity index (χ4n) is 1.25. The molecule has 1 atom stereocenters. The van der Waals surface area contributed by atoms with Gasteiger partial charge in [-0.25, -0.2) is 4.79 Å². The molecule has 0 aromatic heterocycles. The van der Waals surface area contributed by atoms with Crippen LogP contribution in [-0.4, -0.2) is 44.0 Å². The van der Waals surface area contributed by atoms with Crippen molar-refractivity contribution >= 4 is 12.4 Å². The van der Waals surface area contributed by atoms with Crippen molar-refractivity contribution < 1.29 is 23.8 Å². The summed E-state index contributed by atoms with van der Waals surface area (Å²) in [7, 11) is 2.76. The molecule has 6 nitrogen and oxygen atoms in total. The summed E-state index contributed by atoms with van der Waals surface area (Å²) in [6.07, 6.45) is -1.03. The third-order valence-electron chi connectivity index (χ3n) is 1.93. The predicted octanol–water partition coefficient (Wildman–Crippen LogP) is 1.09. The lowest BCUT2D eigenvalue weighted by Crippen LogP contribution is -2.57. The molecule has 0 spiro atoms. The zero-order chi connectivity index (χ0) is 13.7. The lowest BCUT2D eigenvalue weighted by molar-refractivity contribution is -0.157. The van der Waals surface area contributed by atoms with Crippen molar-refractivity contribution in [3.8, 4) is 0 Å². The Balaban J connectivity index is 4.69. The van der Waals surface area contributed by atoms with Gasteiger partial charge < -0.3 is 24.3 Å². The summed E-state index contributed by atoms with van der Waals surface area (Å²) < 4.78 is 15.0. The Bertz CT molecular complexity index is 270. The third kappa shape index (κ3) is 5.14. The van der Waals surface area contributed by atoms with E-state index in [0.29, 0.717) is 6.29 Å². The maximum atomic E-state index is 11.6. The molecule has 0 rings (SSSR count). The first-order chi connectivity index (χ1) is 7.68. The van der Waals surface area contributed by atoms with Crippen LogP contribution in [0, 0.1) is 0 Å². The van der Waals surface area contributed by atoms with E-state index in [0.717, 1.165) is 0 Å². The summed E-state index contributed by atoms with van der Waals surface area (Å²) in [4.78, 5) is 22.6. The molecule has 100 valence electrons. The molecule has 0 saturated heterocycles. The molecule has 0 aromatic rings. The lowest BCUT2D eigenvalue weighted by Gasteiger charge is -2.32. The molecule has 0 radical (unpaired) electrons. The zero-order valence-electron chi connectivity index (χ0n) is 11.2. The number of hydrogen-bond acceptors (Lipinski definition) is 5. The first-order valence-electron chi connectivity index (χ1n) is 5.21. The van der Waals surface area contributed by atoms with Gasteiger partial charge in [0.1, 0.15) is 17.4 Å². The average molecular weight is 247 g/mol. The zero-order valence-corrected chi connectivity index (χ0v) is 11.2. The van der Waals surface area contributed by atoms with Crippen LogP contribution in [0.3, 0.4) is 0 Å². The maximum Gasteiger partial charge on any atom is 0.408 e. The van der Waals surface area contributed by atoms with E-state index in [1.54, 1.807) is 20.8 Å². The molecule has 0 aromatic carbocycles. The van der Waals surface area contributed by atoms with E-state index in [1.807, 2.05) is 0 Å². The van der Waals surface area contributed by atoms with Gasteiger partial charge in [0.05, 0.1) is 0 Å². The Hall–Kier alpha value is -1.14. The molecular formula is C11H21NO5. The minimum Gasteiger partial charge on any atom is -0.444 e. The molecule has 0 heterocycles. The van der Waals surface area contributed by atoms with Gasteiger partial charge in [-0.05, 0) is 27.7 Å². The van der Waals surface area contributed by atoms with Crippen molar-refractivity contribution in [1.82, 2.24) is 5.32 Å². The number of alkyl carbamates (subject to hydrolysis) is 1. The summed E-state index contributed by atoms with van der Waals surface area (Å²) >= 11 is 0. The number of carbonyl (C=O) groups is 2. The van der Waals surface area contributed by atoms with E-state index in [4.69, 9.17) is 14.2 Å². The van der Waals surface area contributed by atoms with Crippen LogP contribution in [0.5, 0.6) is 0 Å². The average Bonchev–Trinajstić information content (AvgIpc) is 2.16. The van der Waals surface area contributed by atoms with Gasteiger partial charge in [0.15, 0.2) is 6.29 Å². The van der Waals surface area contributed by atoms with Gasteiger partial charge in [-0.2, -0.15) is 0 Å². The van der Waals surface area contributed by atoms with E-state index < -0.39 is 23.5 Å². The van der Waals surface area contributed by atoms with Crippen LogP contribution in [0.25, 0.3) is 0 Å². The number of ether oxygens (including phenoxy) is 3. The van der Waals surface area contributed by atoms with Crippen molar-refractivity contribution in [2.24, 2.45) is 0 Å². The van der Waals surface area contributed by atoms with Crippen LogP contribution >= 0.6 is 0 Å². The number of amides is 1. The van der Waals surface area contributed by atoms with Crippen LogP contribution in [0.4, 0.5) is 4.79 Å². The largest absolute Gasteiger partial charge is 0.444 e. The topological polar surface area (TPSA) is 73.9 Å². The fraction of sp³-hybridized carbons (Fsp3) is 0.818. The van der Waals surface area contributed by atoms with Gasteiger partial charge in [0.2, 0.25) is 0 Å². The summed E-state index contributed by atoms with van der Waals surface area (Å²) in [5.74, 6) is 0. The van der Waals surface area contributed by atoms with Crippen LogP contribution in [-0.2, 0) is 19.0 Å². The Morgan fingerprint density at radius 2 is 1.65 bits per heavy atom. The second-order valence-corrected chi connectivity index (χ2v) is 4.83. The molecule has 0 aliphatic rings. The number of nitrogens with one attached hydrogen (secondary N) is 1. The number of methoxy groups -OCH3 is 2. The molecule has 0 bridgehead atoms. The SMILES string of the molecule is COC(OC)C(C)(C=O)NC(=O)OC(C)(C)C. The maximum absolute atomic E-state index is 11.6. The van der Waals surface area contributed by atoms with Crippen molar-refractivity contribution in [2.45, 2.75) is 45.1 Å². The van der Waals surface area contributed by atoms with E-state index in [2.05, 4.69) is 5.32 Å². The second-order valence-electron chi connectivity index (χ2n) is 4.83. The number of rotatable bonds is 5. The van der Waals surface area contributed by atoms with Crippen LogP contribution < -0.4 is 5.32 Å². The van der Waals surface area contributed by atoms with Gasteiger partial charge in [-0.15, -0.1) is 0 Å². The Morgan fingerprint density at radius 3 is 1.94 bits per heavy atom. The summed E-state index contributed by atoms with van der Waals surface area (Å²) in [6.45, 7) is 6.68. The number of carbonyl (C=O) groups excluding carboxylic acids is 2. The highest BCUT2D eigenvalue weighted by Gasteiger charge is 2.37. The van der Waals surface area contributed by atoms with E-state index >= 15 is 0 Å². The number of hydrogen-bond donors (Lipinski definition) is 1. The van der Waals surface area contributed by atoms with Crippen molar-refractivity contribution in [2.75, 3.05) is 14.2 Å². The Kier molecular flexibility index (Phi) is 5.57. The van der Waals surface area contributed by atoms with Crippen LogP contribution in [0.15, 0.2) is 0 Å². The molecule has 1 amide bonds. The minimum atomic E-state index is -1.30. The van der Waals surface area contributed by atoms with Gasteiger partial charge >= 0.3 is 6.09 Å². The van der Waals surface area contributed by atoms with Crippen molar-refractivity contribution in [3.05, 3.63) is 0 Å². The van der Waals surface area contributed by atoms with E-state index in [9.17, 15) is 9.59 Å². The highest BCUT2D eigenvalue weighted by atomic mass is 16.7. The summed E-state index contributed by atoms with van der Waals surface area (Å²) in [5.41, 5.74) is -1.94. The van der Waals surface area contributed by atoms with Gasteiger partial charge in [-0.1, -0.05) is 0 Å². The molecule has 17 heavy (non-hydrogen) atoms. The molecule has 6 heteroatoms. The Morgan fingerprint density at radius 1 is 1.18 bits per heavy atom. The third-order valence-corrected chi connectivity index (χ3v) is 1.93. The van der Waals surface area contributed by atoms with Crippen LogP contribution in [0.2, 0.25) is 0 Å². The molecular weight excluding hydrogens is 226 g/mol. The van der Waals surface area contributed by atoms with Gasteiger partial charge in [0, 0.05) is 14.2 Å². The normalized spacial score (nSPS) is 15.2. The fourth-order valence-corrected chi connectivity index (χ4v) is 1.25. The monoisotopic (exact) mass is 247 g/mol. The molecule has 0 aliphatic heterocycles. The van der Waals surface area contributed by atoms with E-state index in [1.165, 1.54) is 21.1 Å². The highest BCUT2D eigenvalue weighted by molar-refractivity contribution is 5.76.